The van der Waals surface area contributed by atoms with Gasteiger partial charge in [0.1, 0.15) is 6.04 Å². The third-order valence-electron chi connectivity index (χ3n) is 8.40. The largest absolute Gasteiger partial charge is 0.343 e. The van der Waals surface area contributed by atoms with Gasteiger partial charge >= 0.3 is 0 Å². The van der Waals surface area contributed by atoms with E-state index in [0.29, 0.717) is 24.2 Å². The molecule has 3 atom stereocenters. The zero-order chi connectivity index (χ0) is 30.6. The van der Waals surface area contributed by atoms with E-state index < -0.39 is 17.0 Å². The number of anilines is 1. The van der Waals surface area contributed by atoms with E-state index >= 15 is 0 Å². The van der Waals surface area contributed by atoms with Crippen molar-refractivity contribution in [3.05, 3.63) is 45.5 Å². The third kappa shape index (κ3) is 7.33. The van der Waals surface area contributed by atoms with Crippen LogP contribution in [0.25, 0.3) is 0 Å². The summed E-state index contributed by atoms with van der Waals surface area (Å²) in [5.41, 5.74) is 1.86. The Morgan fingerprint density at radius 3 is 2.34 bits per heavy atom. The van der Waals surface area contributed by atoms with E-state index in [0.717, 1.165) is 31.4 Å². The van der Waals surface area contributed by atoms with Crippen molar-refractivity contribution >= 4 is 29.1 Å². The van der Waals surface area contributed by atoms with E-state index in [-0.39, 0.29) is 47.3 Å². The number of nitrogens with one attached hydrogen (secondary N) is 1. The van der Waals surface area contributed by atoms with Gasteiger partial charge in [0.05, 0.1) is 22.7 Å². The minimum absolute atomic E-state index is 0.00283. The van der Waals surface area contributed by atoms with Gasteiger partial charge in [-0.3, -0.25) is 29.4 Å². The standard InChI is InChI=1S/C31H47N5O5/c1-19(2)26(17-22(7)30(38)35-16-14-23-12-13-24(36(40)41)18-27(23)35)33(8)31(39)28(20(3)4)32-29(37)25-11-9-10-15-34(25)21(5)6/h12-13,17-21,25-26,28H,9-11,14-16H2,1-8H3,(H,32,37)/t25-,26-,28+/m1/s1. The fourth-order valence-electron chi connectivity index (χ4n) is 5.97. The maximum atomic E-state index is 13.8. The molecule has 0 saturated carbocycles. The number of nitro groups is 1. The van der Waals surface area contributed by atoms with Gasteiger partial charge in [-0.15, -0.1) is 0 Å². The van der Waals surface area contributed by atoms with Crippen LogP contribution in [0, 0.1) is 22.0 Å². The average molecular weight is 570 g/mol. The highest BCUT2D eigenvalue weighted by Crippen LogP contribution is 2.33. The second-order valence-electron chi connectivity index (χ2n) is 12.4. The van der Waals surface area contributed by atoms with Crippen molar-refractivity contribution in [1.82, 2.24) is 15.1 Å². The first-order chi connectivity index (χ1) is 19.2. The number of amides is 3. The van der Waals surface area contributed by atoms with Crippen molar-refractivity contribution in [2.75, 3.05) is 25.0 Å². The Balaban J connectivity index is 1.80. The number of likely N-dealkylation sites (N-methyl/N-ethyl adjacent to an activating group) is 1. The molecule has 10 heteroatoms. The fraction of sp³-hybridized carbons (Fsp3) is 0.645. The molecule has 0 aromatic heterocycles. The number of carbonyl (C=O) groups is 3. The van der Waals surface area contributed by atoms with Crippen LogP contribution in [0.15, 0.2) is 29.8 Å². The van der Waals surface area contributed by atoms with Crippen molar-refractivity contribution in [1.29, 1.82) is 0 Å². The molecule has 226 valence electrons. The Kier molecular flexibility index (Phi) is 10.7. The molecule has 1 N–H and O–H groups in total. The van der Waals surface area contributed by atoms with Crippen LogP contribution in [0.1, 0.15) is 73.3 Å². The summed E-state index contributed by atoms with van der Waals surface area (Å²) in [5.74, 6) is -0.671. The van der Waals surface area contributed by atoms with Crippen molar-refractivity contribution in [2.45, 2.75) is 98.3 Å². The molecule has 3 amide bonds. The van der Waals surface area contributed by atoms with Gasteiger partial charge in [0.25, 0.3) is 11.6 Å². The predicted octanol–water partition coefficient (Wildman–Crippen LogP) is 4.32. The summed E-state index contributed by atoms with van der Waals surface area (Å²) in [4.78, 5) is 57.0. The molecule has 1 aromatic rings. The molecular formula is C31H47N5O5. The fourth-order valence-corrected chi connectivity index (χ4v) is 5.97. The lowest BCUT2D eigenvalue weighted by Crippen LogP contribution is -2.58. The summed E-state index contributed by atoms with van der Waals surface area (Å²) in [6.45, 7) is 15.1. The number of rotatable bonds is 10. The molecule has 3 rings (SSSR count). The maximum absolute atomic E-state index is 13.8. The Morgan fingerprint density at radius 1 is 1.07 bits per heavy atom. The molecule has 1 saturated heterocycles. The number of hydrogen-bond donors (Lipinski definition) is 1. The van der Waals surface area contributed by atoms with Gasteiger partial charge in [0.15, 0.2) is 0 Å². The molecule has 0 bridgehead atoms. The number of fused-ring (bicyclic) bond motifs is 1. The van der Waals surface area contributed by atoms with Crippen LogP contribution < -0.4 is 10.2 Å². The van der Waals surface area contributed by atoms with Gasteiger partial charge in [-0.1, -0.05) is 46.3 Å². The summed E-state index contributed by atoms with van der Waals surface area (Å²) in [7, 11) is 1.72. The average Bonchev–Trinajstić information content (AvgIpc) is 3.36. The van der Waals surface area contributed by atoms with Gasteiger partial charge < -0.3 is 15.1 Å². The first-order valence-electron chi connectivity index (χ1n) is 14.8. The molecule has 1 aromatic carbocycles. The quantitative estimate of drug-likeness (QED) is 0.255. The predicted molar refractivity (Wildman–Crippen MR) is 161 cm³/mol. The van der Waals surface area contributed by atoms with Crippen LogP contribution in [0.5, 0.6) is 0 Å². The summed E-state index contributed by atoms with van der Waals surface area (Å²) in [5, 5.41) is 14.4. The Bertz CT molecular complexity index is 1180. The first-order valence-corrected chi connectivity index (χ1v) is 14.8. The lowest BCUT2D eigenvalue weighted by molar-refractivity contribution is -0.384. The summed E-state index contributed by atoms with van der Waals surface area (Å²) >= 11 is 0. The molecule has 2 aliphatic rings. The van der Waals surface area contributed by atoms with E-state index in [4.69, 9.17) is 0 Å². The SMILES string of the molecule is CC(=C[C@H](C(C)C)N(C)C(=O)[C@@H](NC(=O)[C@H]1CCCCN1C(C)C)C(C)C)C(=O)N1CCc2ccc([N+](=O)[O-])cc21. The van der Waals surface area contributed by atoms with E-state index in [9.17, 15) is 24.5 Å². The molecule has 0 radical (unpaired) electrons. The molecule has 0 aliphatic carbocycles. The highest BCUT2D eigenvalue weighted by molar-refractivity contribution is 6.06. The molecule has 41 heavy (non-hydrogen) atoms. The zero-order valence-corrected chi connectivity index (χ0v) is 25.8. The molecular weight excluding hydrogens is 522 g/mol. The number of nitro benzene ring substituents is 1. The van der Waals surface area contributed by atoms with Crippen molar-refractivity contribution in [3.63, 3.8) is 0 Å². The van der Waals surface area contributed by atoms with E-state index in [1.54, 1.807) is 35.9 Å². The van der Waals surface area contributed by atoms with Crippen LogP contribution in [0.2, 0.25) is 0 Å². The molecule has 0 unspecified atom stereocenters. The number of piperidine rings is 1. The van der Waals surface area contributed by atoms with Gasteiger partial charge in [0.2, 0.25) is 11.8 Å². The molecule has 0 spiro atoms. The van der Waals surface area contributed by atoms with Crippen LogP contribution in [0.4, 0.5) is 11.4 Å². The third-order valence-corrected chi connectivity index (χ3v) is 8.40. The monoisotopic (exact) mass is 569 g/mol. The minimum Gasteiger partial charge on any atom is -0.343 e. The van der Waals surface area contributed by atoms with Crippen LogP contribution in [0.3, 0.4) is 0 Å². The lowest BCUT2D eigenvalue weighted by Gasteiger charge is -2.39. The number of likely N-dealkylation sites (tertiary alicyclic amines) is 1. The van der Waals surface area contributed by atoms with Crippen molar-refractivity contribution in [2.24, 2.45) is 11.8 Å². The molecule has 1 fully saturated rings. The van der Waals surface area contributed by atoms with Crippen LogP contribution in [-0.4, -0.2) is 76.7 Å². The molecule has 2 heterocycles. The van der Waals surface area contributed by atoms with Gasteiger partial charge in [-0.05, 0) is 64.0 Å². The zero-order valence-electron chi connectivity index (χ0n) is 25.8. The number of nitrogens with zero attached hydrogens (tertiary/aromatic N) is 4. The van der Waals surface area contributed by atoms with E-state index in [1.807, 2.05) is 27.7 Å². The first kappa shape index (κ1) is 32.2. The van der Waals surface area contributed by atoms with Crippen LogP contribution >= 0.6 is 0 Å². The summed E-state index contributed by atoms with van der Waals surface area (Å²) in [6.07, 6.45) is 5.27. The second-order valence-corrected chi connectivity index (χ2v) is 12.4. The topological polar surface area (TPSA) is 116 Å². The highest BCUT2D eigenvalue weighted by atomic mass is 16.6. The van der Waals surface area contributed by atoms with E-state index in [2.05, 4.69) is 24.1 Å². The number of hydrogen-bond acceptors (Lipinski definition) is 6. The van der Waals surface area contributed by atoms with E-state index in [1.165, 1.54) is 12.1 Å². The molecule has 2 aliphatic heterocycles. The summed E-state index contributed by atoms with van der Waals surface area (Å²) < 4.78 is 0. The van der Waals surface area contributed by atoms with Gasteiger partial charge in [0, 0.05) is 37.3 Å². The Morgan fingerprint density at radius 2 is 1.76 bits per heavy atom. The summed E-state index contributed by atoms with van der Waals surface area (Å²) in [6, 6.07) is 3.53. The molecule has 10 nitrogen and oxygen atoms in total. The number of benzene rings is 1. The lowest BCUT2D eigenvalue weighted by atomic mass is 9.95. The Hall–Kier alpha value is -3.27. The van der Waals surface area contributed by atoms with Gasteiger partial charge in [-0.2, -0.15) is 0 Å². The van der Waals surface area contributed by atoms with Gasteiger partial charge in [-0.25, -0.2) is 0 Å². The highest BCUT2D eigenvalue weighted by Gasteiger charge is 2.36. The minimum atomic E-state index is -0.694. The maximum Gasteiger partial charge on any atom is 0.271 e. The van der Waals surface area contributed by atoms with Crippen LogP contribution in [-0.2, 0) is 20.8 Å². The normalized spacial score (nSPS) is 19.3. The number of non-ortho nitro benzene ring substituents is 1. The number of carbonyl (C=O) groups excluding carboxylic acids is 3. The van der Waals surface area contributed by atoms with Crippen molar-refractivity contribution < 1.29 is 19.3 Å². The second kappa shape index (κ2) is 13.6. The van der Waals surface area contributed by atoms with Crippen molar-refractivity contribution in [3.8, 4) is 0 Å². The Labute approximate surface area is 244 Å². The smallest absolute Gasteiger partial charge is 0.271 e.